The predicted molar refractivity (Wildman–Crippen MR) is 64.2 cm³/mol. The van der Waals surface area contributed by atoms with Crippen LogP contribution in [0.2, 0.25) is 0 Å². The molecule has 0 spiro atoms. The topological polar surface area (TPSA) is 59.3 Å². The van der Waals surface area contributed by atoms with Gasteiger partial charge in [0.15, 0.2) is 9.84 Å². The molecule has 5 heteroatoms. The Morgan fingerprint density at radius 1 is 1.50 bits per heavy atom. The van der Waals surface area contributed by atoms with Crippen molar-refractivity contribution in [1.29, 1.82) is 0 Å². The van der Waals surface area contributed by atoms with Crippen LogP contribution in [0.5, 0.6) is 0 Å². The summed E-state index contributed by atoms with van der Waals surface area (Å²) in [6, 6.07) is 3.56. The number of sulfone groups is 1. The van der Waals surface area contributed by atoms with Crippen molar-refractivity contribution in [2.75, 3.05) is 12.8 Å². The molecular formula is C11H19NO3S. The van der Waals surface area contributed by atoms with Gasteiger partial charge in [0.25, 0.3) is 0 Å². The molecule has 1 aromatic heterocycles. The molecule has 1 N–H and O–H groups in total. The Bertz CT molecular complexity index is 397. The van der Waals surface area contributed by atoms with Crippen LogP contribution in [0.1, 0.15) is 19.6 Å². The normalized spacial score (nSPS) is 15.9. The lowest BCUT2D eigenvalue weighted by Crippen LogP contribution is -2.43. The molecule has 0 saturated carbocycles. The van der Waals surface area contributed by atoms with Crippen molar-refractivity contribution in [3.63, 3.8) is 0 Å². The molecule has 0 bridgehead atoms. The zero-order chi connectivity index (χ0) is 12.2. The summed E-state index contributed by atoms with van der Waals surface area (Å²) in [6.07, 6.45) is 3.46. The lowest BCUT2D eigenvalue weighted by molar-refractivity contribution is 0.436. The van der Waals surface area contributed by atoms with Crippen LogP contribution in [-0.4, -0.2) is 32.5 Å². The molecule has 0 aliphatic heterocycles. The van der Waals surface area contributed by atoms with Gasteiger partial charge in [-0.1, -0.05) is 6.92 Å². The molecule has 0 amide bonds. The highest BCUT2D eigenvalue weighted by atomic mass is 32.2. The highest BCUT2D eigenvalue weighted by molar-refractivity contribution is 7.91. The van der Waals surface area contributed by atoms with Gasteiger partial charge in [0, 0.05) is 18.7 Å². The minimum atomic E-state index is -3.03. The van der Waals surface area contributed by atoms with Crippen LogP contribution in [0.15, 0.2) is 22.8 Å². The summed E-state index contributed by atoms with van der Waals surface area (Å²) >= 11 is 0. The highest BCUT2D eigenvalue weighted by Gasteiger charge is 2.25. The first-order valence-corrected chi connectivity index (χ1v) is 7.35. The van der Waals surface area contributed by atoms with Crippen molar-refractivity contribution >= 4 is 9.84 Å². The number of nitrogens with one attached hydrogen (secondary N) is 1. The molecule has 0 aromatic carbocycles. The van der Waals surface area contributed by atoms with Crippen LogP contribution in [0.3, 0.4) is 0 Å². The third kappa shape index (κ3) is 3.64. The molecule has 1 heterocycles. The molecule has 0 fully saturated rings. The van der Waals surface area contributed by atoms with Crippen LogP contribution < -0.4 is 5.32 Å². The lowest BCUT2D eigenvalue weighted by atomic mass is 10.1. The zero-order valence-electron chi connectivity index (χ0n) is 9.93. The maximum atomic E-state index is 11.5. The van der Waals surface area contributed by atoms with Crippen molar-refractivity contribution in [3.05, 3.63) is 24.2 Å². The quantitative estimate of drug-likeness (QED) is 0.819. The van der Waals surface area contributed by atoms with Gasteiger partial charge in [-0.3, -0.25) is 0 Å². The first kappa shape index (κ1) is 13.3. The first-order valence-electron chi connectivity index (χ1n) is 5.39. The molecule has 2 unspecified atom stereocenters. The molecule has 0 aliphatic carbocycles. The number of furan rings is 1. The number of rotatable bonds is 6. The molecule has 4 nitrogen and oxygen atoms in total. The summed E-state index contributed by atoms with van der Waals surface area (Å²) < 4.78 is 28.2. The molecule has 16 heavy (non-hydrogen) atoms. The van der Waals surface area contributed by atoms with E-state index >= 15 is 0 Å². The van der Waals surface area contributed by atoms with E-state index in [1.165, 1.54) is 6.26 Å². The van der Waals surface area contributed by atoms with E-state index in [1.54, 1.807) is 13.2 Å². The fourth-order valence-electron chi connectivity index (χ4n) is 1.61. The monoisotopic (exact) mass is 245 g/mol. The van der Waals surface area contributed by atoms with E-state index in [0.29, 0.717) is 6.42 Å². The Kier molecular flexibility index (Phi) is 4.56. The third-order valence-corrected chi connectivity index (χ3v) is 4.39. The molecular weight excluding hydrogens is 226 g/mol. The fourth-order valence-corrected chi connectivity index (χ4v) is 2.40. The van der Waals surface area contributed by atoms with Crippen molar-refractivity contribution in [1.82, 2.24) is 5.32 Å². The van der Waals surface area contributed by atoms with E-state index in [4.69, 9.17) is 4.42 Å². The van der Waals surface area contributed by atoms with Gasteiger partial charge in [0.05, 0.1) is 11.5 Å². The largest absolute Gasteiger partial charge is 0.469 e. The minimum absolute atomic E-state index is 0.105. The van der Waals surface area contributed by atoms with Gasteiger partial charge in [-0.25, -0.2) is 8.42 Å². The van der Waals surface area contributed by atoms with Crippen LogP contribution in [0.4, 0.5) is 0 Å². The standard InChI is InChI=1S/C11H19NO3S/c1-4-12-11(9(2)16(3,13)14)8-10-6-5-7-15-10/h5-7,9,11-12H,4,8H2,1-3H3. The molecule has 0 radical (unpaired) electrons. The summed E-state index contributed by atoms with van der Waals surface area (Å²) in [5.74, 6) is 0.807. The van der Waals surface area contributed by atoms with Gasteiger partial charge < -0.3 is 9.73 Å². The van der Waals surface area contributed by atoms with E-state index in [9.17, 15) is 8.42 Å². The summed E-state index contributed by atoms with van der Waals surface area (Å²) in [5, 5.41) is 2.77. The molecule has 1 rings (SSSR count). The molecule has 0 aliphatic rings. The Labute approximate surface area is 97.0 Å². The van der Waals surface area contributed by atoms with Gasteiger partial charge in [0.2, 0.25) is 0 Å². The van der Waals surface area contributed by atoms with E-state index < -0.39 is 15.1 Å². The van der Waals surface area contributed by atoms with Crippen molar-refractivity contribution in [3.8, 4) is 0 Å². The van der Waals surface area contributed by atoms with Gasteiger partial charge in [-0.15, -0.1) is 0 Å². The Hall–Kier alpha value is -0.810. The van der Waals surface area contributed by atoms with Crippen molar-refractivity contribution < 1.29 is 12.8 Å². The Balaban J connectivity index is 2.75. The average Bonchev–Trinajstić information content (AvgIpc) is 2.67. The minimum Gasteiger partial charge on any atom is -0.469 e. The summed E-state index contributed by atoms with van der Waals surface area (Å²) in [5.41, 5.74) is 0. The lowest BCUT2D eigenvalue weighted by Gasteiger charge is -2.22. The van der Waals surface area contributed by atoms with E-state index in [-0.39, 0.29) is 6.04 Å². The molecule has 2 atom stereocenters. The van der Waals surface area contributed by atoms with E-state index in [1.807, 2.05) is 19.1 Å². The van der Waals surface area contributed by atoms with Gasteiger partial charge in [-0.2, -0.15) is 0 Å². The van der Waals surface area contributed by atoms with Crippen molar-refractivity contribution in [2.45, 2.75) is 31.6 Å². The first-order chi connectivity index (χ1) is 7.45. The second kappa shape index (κ2) is 5.50. The second-order valence-electron chi connectivity index (χ2n) is 3.98. The smallest absolute Gasteiger partial charge is 0.151 e. The highest BCUT2D eigenvalue weighted by Crippen LogP contribution is 2.11. The Morgan fingerprint density at radius 2 is 2.19 bits per heavy atom. The van der Waals surface area contributed by atoms with Crippen LogP contribution in [-0.2, 0) is 16.3 Å². The van der Waals surface area contributed by atoms with Crippen LogP contribution in [0, 0.1) is 0 Å². The zero-order valence-corrected chi connectivity index (χ0v) is 10.8. The van der Waals surface area contributed by atoms with Crippen molar-refractivity contribution in [2.24, 2.45) is 0 Å². The van der Waals surface area contributed by atoms with Gasteiger partial charge in [0.1, 0.15) is 5.76 Å². The van der Waals surface area contributed by atoms with E-state index in [2.05, 4.69) is 5.32 Å². The third-order valence-electron chi connectivity index (χ3n) is 2.71. The average molecular weight is 245 g/mol. The number of hydrogen-bond donors (Lipinski definition) is 1. The second-order valence-corrected chi connectivity index (χ2v) is 6.38. The van der Waals surface area contributed by atoms with E-state index in [0.717, 1.165) is 12.3 Å². The molecule has 92 valence electrons. The number of likely N-dealkylation sites (N-methyl/N-ethyl adjacent to an activating group) is 1. The summed E-state index contributed by atoms with van der Waals surface area (Å²) in [4.78, 5) is 0. The summed E-state index contributed by atoms with van der Waals surface area (Å²) in [7, 11) is -3.03. The Morgan fingerprint density at radius 3 is 2.62 bits per heavy atom. The van der Waals surface area contributed by atoms with Crippen LogP contribution in [0.25, 0.3) is 0 Å². The number of hydrogen-bond acceptors (Lipinski definition) is 4. The molecule has 0 saturated heterocycles. The fraction of sp³-hybridized carbons (Fsp3) is 0.636. The molecule has 1 aromatic rings. The SMILES string of the molecule is CCNC(Cc1ccco1)C(C)S(C)(=O)=O. The van der Waals surface area contributed by atoms with Gasteiger partial charge in [-0.05, 0) is 25.6 Å². The van der Waals surface area contributed by atoms with Gasteiger partial charge >= 0.3 is 0 Å². The maximum Gasteiger partial charge on any atom is 0.151 e. The van der Waals surface area contributed by atoms with Crippen LogP contribution >= 0.6 is 0 Å². The predicted octanol–water partition coefficient (Wildman–Crippen LogP) is 1.23. The summed E-state index contributed by atoms with van der Waals surface area (Å²) in [6.45, 7) is 4.43. The maximum absolute atomic E-state index is 11.5.